The first-order valence-corrected chi connectivity index (χ1v) is 4.10. The largest absolute Gasteiger partial charge is 0.508 e. The molecule has 0 unspecified atom stereocenters. The van der Waals surface area contributed by atoms with Gasteiger partial charge in [-0.2, -0.15) is 0 Å². The molecule has 1 aromatic rings. The van der Waals surface area contributed by atoms with E-state index in [0.29, 0.717) is 18.8 Å². The van der Waals surface area contributed by atoms with Crippen molar-refractivity contribution in [1.29, 1.82) is 0 Å². The number of terminal acetylenes is 1. The lowest BCUT2D eigenvalue weighted by atomic mass is 10.2. The lowest BCUT2D eigenvalue weighted by molar-refractivity contribution is 0.322. The van der Waals surface area contributed by atoms with Gasteiger partial charge in [-0.05, 0) is 19.1 Å². The van der Waals surface area contributed by atoms with Gasteiger partial charge in [-0.3, -0.25) is 0 Å². The zero-order chi connectivity index (χ0) is 9.68. The molecule has 0 aliphatic heterocycles. The van der Waals surface area contributed by atoms with Gasteiger partial charge in [0.15, 0.2) is 0 Å². The van der Waals surface area contributed by atoms with E-state index in [2.05, 4.69) is 5.92 Å². The molecule has 2 nitrogen and oxygen atoms in total. The van der Waals surface area contributed by atoms with Gasteiger partial charge in [-0.25, -0.2) is 0 Å². The van der Waals surface area contributed by atoms with Gasteiger partial charge in [-0.15, -0.1) is 12.3 Å². The lowest BCUT2D eigenvalue weighted by Gasteiger charge is -2.08. The van der Waals surface area contributed by atoms with Crippen LogP contribution in [0.2, 0.25) is 0 Å². The molecule has 0 bridgehead atoms. The summed E-state index contributed by atoms with van der Waals surface area (Å²) in [4.78, 5) is 0. The highest BCUT2D eigenvalue weighted by atomic mass is 16.5. The number of phenolic OH excluding ortho intramolecular Hbond substituents is 1. The minimum atomic E-state index is 0.248. The second-order valence-electron chi connectivity index (χ2n) is 2.70. The van der Waals surface area contributed by atoms with Crippen LogP contribution in [0.15, 0.2) is 18.2 Å². The van der Waals surface area contributed by atoms with E-state index in [0.717, 1.165) is 5.56 Å². The molecular formula is C11H12O2. The van der Waals surface area contributed by atoms with Crippen LogP contribution < -0.4 is 4.74 Å². The van der Waals surface area contributed by atoms with Gasteiger partial charge in [0, 0.05) is 12.0 Å². The van der Waals surface area contributed by atoms with Crippen molar-refractivity contribution in [2.45, 2.75) is 13.3 Å². The molecule has 0 amide bonds. The van der Waals surface area contributed by atoms with E-state index < -0.39 is 0 Å². The molecule has 0 saturated carbocycles. The molecule has 0 aromatic heterocycles. The van der Waals surface area contributed by atoms with Gasteiger partial charge < -0.3 is 9.84 Å². The number of ether oxygens (including phenoxy) is 1. The van der Waals surface area contributed by atoms with Crippen LogP contribution in [-0.2, 0) is 0 Å². The molecule has 13 heavy (non-hydrogen) atoms. The number of phenols is 1. The molecule has 1 aromatic carbocycles. The summed E-state index contributed by atoms with van der Waals surface area (Å²) in [5.41, 5.74) is 0.750. The predicted octanol–water partition coefficient (Wildman–Crippen LogP) is 2.10. The van der Waals surface area contributed by atoms with Crippen molar-refractivity contribution in [1.82, 2.24) is 0 Å². The average molecular weight is 176 g/mol. The van der Waals surface area contributed by atoms with Gasteiger partial charge in [0.2, 0.25) is 0 Å². The highest BCUT2D eigenvalue weighted by Gasteiger charge is 2.02. The SMILES string of the molecule is C#CCCOc1cccc(O)c1C. The normalized spacial score (nSPS) is 9.23. The van der Waals surface area contributed by atoms with Crippen molar-refractivity contribution in [3.8, 4) is 23.8 Å². The summed E-state index contributed by atoms with van der Waals surface area (Å²) in [5, 5.41) is 9.34. The van der Waals surface area contributed by atoms with Crippen LogP contribution in [0.4, 0.5) is 0 Å². The number of hydrogen-bond acceptors (Lipinski definition) is 2. The maximum Gasteiger partial charge on any atom is 0.125 e. The summed E-state index contributed by atoms with van der Waals surface area (Å²) in [6.45, 7) is 2.29. The Morgan fingerprint density at radius 3 is 3.00 bits per heavy atom. The maximum atomic E-state index is 9.34. The fraction of sp³-hybridized carbons (Fsp3) is 0.273. The highest BCUT2D eigenvalue weighted by molar-refractivity contribution is 5.42. The van der Waals surface area contributed by atoms with Crippen LogP contribution in [0.1, 0.15) is 12.0 Å². The van der Waals surface area contributed by atoms with Gasteiger partial charge in [0.1, 0.15) is 11.5 Å². The summed E-state index contributed by atoms with van der Waals surface area (Å²) >= 11 is 0. The van der Waals surface area contributed by atoms with Crippen molar-refractivity contribution < 1.29 is 9.84 Å². The summed E-state index contributed by atoms with van der Waals surface area (Å²) in [7, 11) is 0. The summed E-state index contributed by atoms with van der Waals surface area (Å²) in [6.07, 6.45) is 5.66. The standard InChI is InChI=1S/C11H12O2/c1-3-4-8-13-11-7-5-6-10(12)9(11)2/h1,5-7,12H,4,8H2,2H3. The van der Waals surface area contributed by atoms with Gasteiger partial charge in [-0.1, -0.05) is 6.07 Å². The minimum Gasteiger partial charge on any atom is -0.508 e. The Labute approximate surface area is 78.2 Å². The van der Waals surface area contributed by atoms with E-state index in [1.807, 2.05) is 6.07 Å². The lowest BCUT2D eigenvalue weighted by Crippen LogP contribution is -1.97. The van der Waals surface area contributed by atoms with Crippen LogP contribution in [0.3, 0.4) is 0 Å². The third-order valence-electron chi connectivity index (χ3n) is 1.76. The smallest absolute Gasteiger partial charge is 0.125 e. The Bertz CT molecular complexity index is 323. The number of rotatable bonds is 3. The van der Waals surface area contributed by atoms with Crippen molar-refractivity contribution in [3.05, 3.63) is 23.8 Å². The molecule has 0 heterocycles. The van der Waals surface area contributed by atoms with Crippen LogP contribution in [-0.4, -0.2) is 11.7 Å². The summed E-state index contributed by atoms with van der Waals surface area (Å²) < 4.78 is 5.36. The van der Waals surface area contributed by atoms with Crippen molar-refractivity contribution in [3.63, 3.8) is 0 Å². The summed E-state index contributed by atoms with van der Waals surface area (Å²) in [5.74, 6) is 3.42. The Morgan fingerprint density at radius 2 is 2.31 bits per heavy atom. The topological polar surface area (TPSA) is 29.5 Å². The van der Waals surface area contributed by atoms with E-state index in [1.54, 1.807) is 19.1 Å². The van der Waals surface area contributed by atoms with E-state index in [1.165, 1.54) is 0 Å². The third kappa shape index (κ3) is 2.41. The quantitative estimate of drug-likeness (QED) is 0.564. The number of benzene rings is 1. The molecule has 0 spiro atoms. The second-order valence-corrected chi connectivity index (χ2v) is 2.70. The molecular weight excluding hydrogens is 164 g/mol. The molecule has 2 heteroatoms. The molecule has 0 saturated heterocycles. The van der Waals surface area contributed by atoms with Gasteiger partial charge in [0.25, 0.3) is 0 Å². The van der Waals surface area contributed by atoms with Crippen molar-refractivity contribution in [2.24, 2.45) is 0 Å². The molecule has 0 fully saturated rings. The van der Waals surface area contributed by atoms with Crippen LogP contribution in [0.5, 0.6) is 11.5 Å². The molecule has 0 radical (unpaired) electrons. The van der Waals surface area contributed by atoms with Crippen LogP contribution in [0, 0.1) is 19.3 Å². The van der Waals surface area contributed by atoms with Gasteiger partial charge >= 0.3 is 0 Å². The maximum absolute atomic E-state index is 9.34. The Hall–Kier alpha value is -1.62. The minimum absolute atomic E-state index is 0.248. The van der Waals surface area contributed by atoms with E-state index in [4.69, 9.17) is 11.2 Å². The number of hydrogen-bond donors (Lipinski definition) is 1. The number of aromatic hydroxyl groups is 1. The van der Waals surface area contributed by atoms with Crippen LogP contribution >= 0.6 is 0 Å². The first-order chi connectivity index (χ1) is 6.25. The van der Waals surface area contributed by atoms with E-state index in [-0.39, 0.29) is 5.75 Å². The molecule has 1 rings (SSSR count). The zero-order valence-electron chi connectivity index (χ0n) is 7.58. The first kappa shape index (κ1) is 9.47. The highest BCUT2D eigenvalue weighted by Crippen LogP contribution is 2.25. The van der Waals surface area contributed by atoms with E-state index in [9.17, 15) is 5.11 Å². The average Bonchev–Trinajstić information content (AvgIpc) is 2.13. The molecule has 0 aliphatic rings. The Kier molecular flexibility index (Phi) is 3.22. The fourth-order valence-corrected chi connectivity index (χ4v) is 0.979. The van der Waals surface area contributed by atoms with Crippen LogP contribution in [0.25, 0.3) is 0 Å². The predicted molar refractivity (Wildman–Crippen MR) is 51.8 cm³/mol. The first-order valence-electron chi connectivity index (χ1n) is 4.10. The van der Waals surface area contributed by atoms with Crippen molar-refractivity contribution in [2.75, 3.05) is 6.61 Å². The molecule has 1 N–H and O–H groups in total. The molecule has 68 valence electrons. The fourth-order valence-electron chi connectivity index (χ4n) is 0.979. The second kappa shape index (κ2) is 4.42. The van der Waals surface area contributed by atoms with E-state index >= 15 is 0 Å². The third-order valence-corrected chi connectivity index (χ3v) is 1.76. The monoisotopic (exact) mass is 176 g/mol. The summed E-state index contributed by atoms with van der Waals surface area (Å²) in [6, 6.07) is 5.18. The zero-order valence-corrected chi connectivity index (χ0v) is 7.58. The van der Waals surface area contributed by atoms with Gasteiger partial charge in [0.05, 0.1) is 6.61 Å². The Balaban J connectivity index is 2.67. The molecule has 0 aliphatic carbocycles. The van der Waals surface area contributed by atoms with Crippen molar-refractivity contribution >= 4 is 0 Å². The Morgan fingerprint density at radius 1 is 1.54 bits per heavy atom. The molecule has 0 atom stereocenters.